The van der Waals surface area contributed by atoms with E-state index in [1.54, 1.807) is 36.4 Å². The maximum absolute atomic E-state index is 13.0. The van der Waals surface area contributed by atoms with Crippen molar-refractivity contribution in [3.05, 3.63) is 88.9 Å². The summed E-state index contributed by atoms with van der Waals surface area (Å²) in [4.78, 5) is 12.7. The van der Waals surface area contributed by atoms with Gasteiger partial charge in [-0.3, -0.25) is 4.79 Å². The first-order valence-corrected chi connectivity index (χ1v) is 10.4. The number of furan rings is 1. The fraction of sp³-hybridized carbons (Fsp3) is 0.190. The molecule has 1 aliphatic heterocycles. The number of benzene rings is 2. The topological polar surface area (TPSA) is 93.6 Å². The quantitative estimate of drug-likeness (QED) is 0.669. The second kappa shape index (κ2) is 7.35. The highest BCUT2D eigenvalue weighted by Crippen LogP contribution is 2.27. The van der Waals surface area contributed by atoms with Gasteiger partial charge in [0, 0.05) is 17.7 Å². The van der Waals surface area contributed by atoms with Crippen LogP contribution >= 0.6 is 0 Å². The van der Waals surface area contributed by atoms with Crippen molar-refractivity contribution in [2.75, 3.05) is 6.54 Å². The van der Waals surface area contributed by atoms with Gasteiger partial charge in [0.05, 0.1) is 18.0 Å². The molecule has 0 bridgehead atoms. The Balaban J connectivity index is 1.56. The van der Waals surface area contributed by atoms with E-state index in [4.69, 9.17) is 10.2 Å². The van der Waals surface area contributed by atoms with Crippen molar-refractivity contribution < 1.29 is 17.6 Å². The number of hydrogen-bond donors (Lipinski definition) is 1. The van der Waals surface area contributed by atoms with Crippen LogP contribution in [0.15, 0.2) is 70.0 Å². The molecule has 4 rings (SSSR count). The Morgan fingerprint density at radius 3 is 2.39 bits per heavy atom. The average molecular weight is 396 g/mol. The number of rotatable bonds is 5. The van der Waals surface area contributed by atoms with E-state index in [1.807, 2.05) is 12.1 Å². The van der Waals surface area contributed by atoms with Crippen LogP contribution in [0.25, 0.3) is 0 Å². The van der Waals surface area contributed by atoms with Gasteiger partial charge in [0.25, 0.3) is 0 Å². The summed E-state index contributed by atoms with van der Waals surface area (Å²) in [6.45, 7) is 0.850. The van der Waals surface area contributed by atoms with E-state index < -0.39 is 10.0 Å². The summed E-state index contributed by atoms with van der Waals surface area (Å²) >= 11 is 0. The van der Waals surface area contributed by atoms with Gasteiger partial charge >= 0.3 is 0 Å². The molecule has 0 spiro atoms. The Morgan fingerprint density at radius 2 is 1.71 bits per heavy atom. The molecule has 7 heteroatoms. The van der Waals surface area contributed by atoms with Gasteiger partial charge in [0.15, 0.2) is 5.78 Å². The SMILES string of the molecule is NCc1cc2c(o1)CN(S(=O)(=O)c1ccc(C(=O)c3ccccc3)cc1)CC2. The molecular formula is C21H20N2O4S. The molecule has 1 aliphatic rings. The molecule has 0 saturated carbocycles. The van der Waals surface area contributed by atoms with E-state index in [-0.39, 0.29) is 23.8 Å². The van der Waals surface area contributed by atoms with Gasteiger partial charge in [-0.2, -0.15) is 4.31 Å². The molecule has 0 amide bonds. The van der Waals surface area contributed by atoms with E-state index >= 15 is 0 Å². The summed E-state index contributed by atoms with van der Waals surface area (Å²) in [5, 5.41) is 0. The molecule has 144 valence electrons. The highest BCUT2D eigenvalue weighted by atomic mass is 32.2. The van der Waals surface area contributed by atoms with Crippen LogP contribution in [0.1, 0.15) is 33.0 Å². The zero-order valence-corrected chi connectivity index (χ0v) is 16.0. The molecule has 2 heterocycles. The molecule has 0 aliphatic carbocycles. The van der Waals surface area contributed by atoms with Crippen LogP contribution in [0.5, 0.6) is 0 Å². The lowest BCUT2D eigenvalue weighted by Crippen LogP contribution is -2.35. The fourth-order valence-corrected chi connectivity index (χ4v) is 4.74. The minimum absolute atomic E-state index is 0.142. The van der Waals surface area contributed by atoms with Crippen molar-refractivity contribution in [3.8, 4) is 0 Å². The Bertz CT molecular complexity index is 1100. The van der Waals surface area contributed by atoms with Crippen molar-refractivity contribution in [3.63, 3.8) is 0 Å². The number of nitrogens with two attached hydrogens (primary N) is 1. The predicted molar refractivity (Wildman–Crippen MR) is 104 cm³/mol. The number of carbonyl (C=O) groups is 1. The second-order valence-corrected chi connectivity index (χ2v) is 8.61. The highest BCUT2D eigenvalue weighted by molar-refractivity contribution is 7.89. The molecule has 28 heavy (non-hydrogen) atoms. The maximum atomic E-state index is 13.0. The zero-order valence-electron chi connectivity index (χ0n) is 15.2. The lowest BCUT2D eigenvalue weighted by atomic mass is 10.0. The molecule has 2 N–H and O–H groups in total. The number of carbonyl (C=O) groups excluding carboxylic acids is 1. The van der Waals surface area contributed by atoms with Gasteiger partial charge in [-0.15, -0.1) is 0 Å². The normalized spacial score (nSPS) is 14.6. The van der Waals surface area contributed by atoms with Crippen molar-refractivity contribution in [1.29, 1.82) is 0 Å². The molecule has 0 unspecified atom stereocenters. The number of ketones is 1. The Labute approximate surface area is 163 Å². The molecule has 0 atom stereocenters. The fourth-order valence-electron chi connectivity index (χ4n) is 3.35. The lowest BCUT2D eigenvalue weighted by Gasteiger charge is -2.25. The van der Waals surface area contributed by atoms with Crippen molar-refractivity contribution in [2.45, 2.75) is 24.4 Å². The van der Waals surface area contributed by atoms with Crippen LogP contribution in [0.3, 0.4) is 0 Å². The van der Waals surface area contributed by atoms with Crippen LogP contribution in [0.2, 0.25) is 0 Å². The molecule has 2 aromatic carbocycles. The minimum atomic E-state index is -3.68. The van der Waals surface area contributed by atoms with E-state index in [2.05, 4.69) is 0 Å². The first-order valence-electron chi connectivity index (χ1n) is 8.99. The average Bonchev–Trinajstić information content (AvgIpc) is 3.16. The Morgan fingerprint density at radius 1 is 1.04 bits per heavy atom. The monoisotopic (exact) mass is 396 g/mol. The molecule has 3 aromatic rings. The van der Waals surface area contributed by atoms with Crippen LogP contribution in [0.4, 0.5) is 0 Å². The largest absolute Gasteiger partial charge is 0.463 e. The van der Waals surface area contributed by atoms with Crippen LogP contribution in [-0.2, 0) is 29.5 Å². The molecule has 6 nitrogen and oxygen atoms in total. The summed E-state index contributed by atoms with van der Waals surface area (Å²) in [6, 6.07) is 16.9. The van der Waals surface area contributed by atoms with E-state index in [1.165, 1.54) is 16.4 Å². The summed E-state index contributed by atoms with van der Waals surface area (Å²) in [5.41, 5.74) is 7.62. The number of fused-ring (bicyclic) bond motifs is 1. The molecule has 0 saturated heterocycles. The van der Waals surface area contributed by atoms with Crippen molar-refractivity contribution in [1.82, 2.24) is 4.31 Å². The van der Waals surface area contributed by atoms with Crippen LogP contribution in [0, 0.1) is 0 Å². The Hall–Kier alpha value is -2.74. The van der Waals surface area contributed by atoms with E-state index in [9.17, 15) is 13.2 Å². The maximum Gasteiger partial charge on any atom is 0.243 e. The van der Waals surface area contributed by atoms with Gasteiger partial charge in [0.2, 0.25) is 10.0 Å². The van der Waals surface area contributed by atoms with Gasteiger partial charge in [0.1, 0.15) is 11.5 Å². The van der Waals surface area contributed by atoms with E-state index in [0.717, 1.165) is 5.56 Å². The summed E-state index contributed by atoms with van der Waals surface area (Å²) in [5.74, 6) is 1.16. The number of hydrogen-bond acceptors (Lipinski definition) is 5. The lowest BCUT2D eigenvalue weighted by molar-refractivity contribution is 0.103. The third kappa shape index (κ3) is 3.40. The smallest absolute Gasteiger partial charge is 0.243 e. The summed E-state index contributed by atoms with van der Waals surface area (Å²) in [6.07, 6.45) is 0.586. The first kappa shape index (κ1) is 18.6. The first-order chi connectivity index (χ1) is 13.5. The molecule has 0 fully saturated rings. The minimum Gasteiger partial charge on any atom is -0.463 e. The highest BCUT2D eigenvalue weighted by Gasteiger charge is 2.30. The van der Waals surface area contributed by atoms with Gasteiger partial charge < -0.3 is 10.2 Å². The van der Waals surface area contributed by atoms with Gasteiger partial charge in [-0.1, -0.05) is 30.3 Å². The summed E-state index contributed by atoms with van der Waals surface area (Å²) in [7, 11) is -3.68. The standard InChI is InChI=1S/C21H20N2O4S/c22-13-18-12-17-10-11-23(14-20(17)27-18)28(25,26)19-8-6-16(7-9-19)21(24)15-4-2-1-3-5-15/h1-9,12H,10-11,13-14,22H2. The number of nitrogens with zero attached hydrogens (tertiary/aromatic N) is 1. The van der Waals surface area contributed by atoms with Crippen LogP contribution in [-0.4, -0.2) is 25.1 Å². The third-order valence-corrected chi connectivity index (χ3v) is 6.75. The molecule has 1 aromatic heterocycles. The predicted octanol–water partition coefficient (Wildman–Crippen LogP) is 2.72. The van der Waals surface area contributed by atoms with Crippen molar-refractivity contribution >= 4 is 15.8 Å². The zero-order chi connectivity index (χ0) is 19.7. The van der Waals surface area contributed by atoms with Crippen molar-refractivity contribution in [2.24, 2.45) is 5.73 Å². The second-order valence-electron chi connectivity index (χ2n) is 6.67. The van der Waals surface area contributed by atoms with Crippen LogP contribution < -0.4 is 5.73 Å². The van der Waals surface area contributed by atoms with E-state index in [0.29, 0.717) is 35.6 Å². The number of sulfonamides is 1. The Kier molecular flexibility index (Phi) is 4.89. The molecule has 0 radical (unpaired) electrons. The van der Waals surface area contributed by atoms with Gasteiger partial charge in [-0.25, -0.2) is 8.42 Å². The molecular weight excluding hydrogens is 376 g/mol. The summed E-state index contributed by atoms with van der Waals surface area (Å²) < 4.78 is 33.0. The third-order valence-electron chi connectivity index (χ3n) is 4.89. The van der Waals surface area contributed by atoms with Gasteiger partial charge in [-0.05, 0) is 42.3 Å².